The molecular weight excluding hydrogens is 284 g/mol. The van der Waals surface area contributed by atoms with Crippen LogP contribution in [0.1, 0.15) is 29.7 Å². The number of anilines is 1. The highest BCUT2D eigenvalue weighted by Gasteiger charge is 2.31. The Morgan fingerprint density at radius 3 is 2.59 bits per heavy atom. The van der Waals surface area contributed by atoms with Crippen molar-refractivity contribution < 1.29 is 14.6 Å². The fraction of sp³-hybridized carbons (Fsp3) is 0.600. The molecular formula is C15H20N4O3. The molecule has 0 bridgehead atoms. The van der Waals surface area contributed by atoms with Crippen LogP contribution in [0, 0.1) is 31.1 Å². The Kier molecular flexibility index (Phi) is 4.93. The number of ether oxygens (including phenoxy) is 1. The van der Waals surface area contributed by atoms with Crippen molar-refractivity contribution in [2.24, 2.45) is 5.92 Å². The number of aromatic nitrogens is 2. The number of carbonyl (C=O) groups excluding carboxylic acids is 1. The lowest BCUT2D eigenvalue weighted by molar-refractivity contribution is -0.153. The van der Waals surface area contributed by atoms with E-state index in [1.807, 2.05) is 18.7 Å². The smallest absolute Gasteiger partial charge is 0.334 e. The molecule has 1 fully saturated rings. The summed E-state index contributed by atoms with van der Waals surface area (Å²) in [5, 5.41) is 27.5. The number of nitrogens with zero attached hydrogens (tertiary/aromatic N) is 4. The lowest BCUT2D eigenvalue weighted by Crippen LogP contribution is -2.41. The second-order valence-corrected chi connectivity index (χ2v) is 5.51. The molecule has 22 heavy (non-hydrogen) atoms. The van der Waals surface area contributed by atoms with Crippen LogP contribution in [-0.4, -0.2) is 47.6 Å². The van der Waals surface area contributed by atoms with Crippen LogP contribution in [0.4, 0.5) is 5.82 Å². The quantitative estimate of drug-likeness (QED) is 0.821. The third kappa shape index (κ3) is 3.02. The molecule has 1 saturated heterocycles. The number of nitriles is 1. The zero-order valence-corrected chi connectivity index (χ0v) is 13.0. The number of aliphatic hydroxyl groups excluding tert-OH is 1. The summed E-state index contributed by atoms with van der Waals surface area (Å²) in [4.78, 5) is 13.4. The number of aliphatic hydroxyl groups is 1. The summed E-state index contributed by atoms with van der Waals surface area (Å²) in [6.45, 7) is 4.92. The molecule has 7 nitrogen and oxygen atoms in total. The summed E-state index contributed by atoms with van der Waals surface area (Å²) in [6, 6.07) is 2.20. The van der Waals surface area contributed by atoms with Crippen molar-refractivity contribution in [1.82, 2.24) is 10.2 Å². The fourth-order valence-corrected chi connectivity index (χ4v) is 2.69. The minimum Gasteiger partial charge on any atom is -0.467 e. The third-order valence-electron chi connectivity index (χ3n) is 4.28. The van der Waals surface area contributed by atoms with Crippen LogP contribution in [-0.2, 0) is 9.53 Å². The monoisotopic (exact) mass is 304 g/mol. The molecule has 7 heteroatoms. The molecule has 2 rings (SSSR count). The molecule has 0 aromatic carbocycles. The van der Waals surface area contributed by atoms with E-state index in [9.17, 15) is 15.2 Å². The van der Waals surface area contributed by atoms with Crippen LogP contribution in [0.3, 0.4) is 0 Å². The van der Waals surface area contributed by atoms with Crippen molar-refractivity contribution in [2.45, 2.75) is 32.8 Å². The van der Waals surface area contributed by atoms with Gasteiger partial charge in [-0.15, -0.1) is 5.10 Å². The Balaban J connectivity index is 2.11. The van der Waals surface area contributed by atoms with Gasteiger partial charge < -0.3 is 14.7 Å². The second kappa shape index (κ2) is 6.71. The maximum absolute atomic E-state index is 11.4. The Morgan fingerprint density at radius 2 is 2.05 bits per heavy atom. The number of methoxy groups -OCH3 is 1. The van der Waals surface area contributed by atoms with E-state index in [2.05, 4.69) is 21.0 Å². The van der Waals surface area contributed by atoms with Crippen molar-refractivity contribution in [3.8, 4) is 6.07 Å². The molecule has 1 aliphatic heterocycles. The molecule has 1 atom stereocenters. The zero-order chi connectivity index (χ0) is 16.3. The van der Waals surface area contributed by atoms with Gasteiger partial charge in [-0.2, -0.15) is 10.4 Å². The number of aryl methyl sites for hydroxylation is 1. The molecule has 2 heterocycles. The van der Waals surface area contributed by atoms with Gasteiger partial charge in [-0.05, 0) is 38.2 Å². The maximum Gasteiger partial charge on any atom is 0.334 e. The summed E-state index contributed by atoms with van der Waals surface area (Å²) >= 11 is 0. The lowest BCUT2D eigenvalue weighted by atomic mass is 9.91. The minimum atomic E-state index is -1.09. The summed E-state index contributed by atoms with van der Waals surface area (Å²) in [5.74, 6) is -0.146. The van der Waals surface area contributed by atoms with Crippen molar-refractivity contribution in [1.29, 1.82) is 5.26 Å². The highest BCUT2D eigenvalue weighted by molar-refractivity contribution is 5.74. The Labute approximate surface area is 129 Å². The SMILES string of the molecule is COC(=O)C(O)C1CCN(c2nnc(C)c(C)c2C#N)CC1. The molecule has 1 aromatic heterocycles. The fourth-order valence-electron chi connectivity index (χ4n) is 2.69. The first-order valence-electron chi connectivity index (χ1n) is 7.24. The largest absolute Gasteiger partial charge is 0.467 e. The average Bonchev–Trinajstić information content (AvgIpc) is 2.56. The van der Waals surface area contributed by atoms with Crippen molar-refractivity contribution >= 4 is 11.8 Å². The first-order valence-corrected chi connectivity index (χ1v) is 7.24. The predicted molar refractivity (Wildman–Crippen MR) is 79.2 cm³/mol. The van der Waals surface area contributed by atoms with E-state index in [0.717, 1.165) is 11.3 Å². The predicted octanol–water partition coefficient (Wildman–Crippen LogP) is 0.715. The van der Waals surface area contributed by atoms with Gasteiger partial charge in [-0.3, -0.25) is 0 Å². The maximum atomic E-state index is 11.4. The van der Waals surface area contributed by atoms with E-state index < -0.39 is 12.1 Å². The van der Waals surface area contributed by atoms with E-state index in [1.165, 1.54) is 7.11 Å². The average molecular weight is 304 g/mol. The topological polar surface area (TPSA) is 99.3 Å². The van der Waals surface area contributed by atoms with Gasteiger partial charge in [0.2, 0.25) is 0 Å². The van der Waals surface area contributed by atoms with Crippen molar-refractivity contribution in [3.63, 3.8) is 0 Å². The van der Waals surface area contributed by atoms with Crippen LogP contribution in [0.5, 0.6) is 0 Å². The summed E-state index contributed by atoms with van der Waals surface area (Å²) in [5.41, 5.74) is 2.12. The van der Waals surface area contributed by atoms with Gasteiger partial charge in [0, 0.05) is 13.1 Å². The highest BCUT2D eigenvalue weighted by atomic mass is 16.5. The lowest BCUT2D eigenvalue weighted by Gasteiger charge is -2.34. The molecule has 0 amide bonds. The highest BCUT2D eigenvalue weighted by Crippen LogP contribution is 2.28. The van der Waals surface area contributed by atoms with Gasteiger partial charge in [-0.1, -0.05) is 0 Å². The van der Waals surface area contributed by atoms with E-state index in [-0.39, 0.29) is 5.92 Å². The second-order valence-electron chi connectivity index (χ2n) is 5.51. The molecule has 0 spiro atoms. The van der Waals surface area contributed by atoms with E-state index in [0.29, 0.717) is 37.3 Å². The summed E-state index contributed by atoms with van der Waals surface area (Å²) in [7, 11) is 1.27. The van der Waals surface area contributed by atoms with Gasteiger partial charge in [0.1, 0.15) is 11.6 Å². The van der Waals surface area contributed by atoms with Gasteiger partial charge in [0.05, 0.1) is 12.8 Å². The Morgan fingerprint density at radius 1 is 1.41 bits per heavy atom. The van der Waals surface area contributed by atoms with E-state index in [4.69, 9.17) is 0 Å². The van der Waals surface area contributed by atoms with Crippen LogP contribution < -0.4 is 4.90 Å². The first-order chi connectivity index (χ1) is 10.5. The van der Waals surface area contributed by atoms with Gasteiger partial charge in [0.25, 0.3) is 0 Å². The van der Waals surface area contributed by atoms with Gasteiger partial charge in [0.15, 0.2) is 11.9 Å². The Hall–Kier alpha value is -2.20. The molecule has 0 aliphatic carbocycles. The van der Waals surface area contributed by atoms with Crippen molar-refractivity contribution in [3.05, 3.63) is 16.8 Å². The first kappa shape index (κ1) is 16.2. The molecule has 1 aliphatic rings. The molecule has 0 saturated carbocycles. The molecule has 1 aromatic rings. The Bertz CT molecular complexity index is 604. The van der Waals surface area contributed by atoms with Crippen molar-refractivity contribution in [2.75, 3.05) is 25.1 Å². The molecule has 118 valence electrons. The van der Waals surface area contributed by atoms with E-state index in [1.54, 1.807) is 0 Å². The van der Waals surface area contributed by atoms with Crippen LogP contribution in [0.2, 0.25) is 0 Å². The normalized spacial score (nSPS) is 17.0. The molecule has 1 unspecified atom stereocenters. The third-order valence-corrected chi connectivity index (χ3v) is 4.28. The minimum absolute atomic E-state index is 0.131. The van der Waals surface area contributed by atoms with Crippen LogP contribution in [0.15, 0.2) is 0 Å². The molecule has 0 radical (unpaired) electrons. The van der Waals surface area contributed by atoms with Gasteiger partial charge >= 0.3 is 5.97 Å². The summed E-state index contributed by atoms with van der Waals surface area (Å²) in [6.07, 6.45) is 0.180. The van der Waals surface area contributed by atoms with Crippen LogP contribution >= 0.6 is 0 Å². The zero-order valence-electron chi connectivity index (χ0n) is 13.0. The molecule has 1 N–H and O–H groups in total. The summed E-state index contributed by atoms with van der Waals surface area (Å²) < 4.78 is 4.57. The van der Waals surface area contributed by atoms with E-state index >= 15 is 0 Å². The number of esters is 1. The number of hydrogen-bond donors (Lipinski definition) is 1. The van der Waals surface area contributed by atoms with Crippen LogP contribution in [0.25, 0.3) is 0 Å². The standard InChI is InChI=1S/C15H20N4O3/c1-9-10(2)17-18-14(12(9)8-16)19-6-4-11(5-7-19)13(20)15(21)22-3/h11,13,20H,4-7H2,1-3H3. The number of carbonyl (C=O) groups is 1. The van der Waals surface area contributed by atoms with Gasteiger partial charge in [-0.25, -0.2) is 4.79 Å². The number of rotatable bonds is 3. The number of piperidine rings is 1. The number of hydrogen-bond acceptors (Lipinski definition) is 7.